The second-order valence-corrected chi connectivity index (χ2v) is 10.1. The summed E-state index contributed by atoms with van der Waals surface area (Å²) in [7, 11) is 0. The van der Waals surface area contributed by atoms with Gasteiger partial charge in [-0.15, -0.1) is 11.3 Å². The fourth-order valence-corrected chi connectivity index (χ4v) is 5.66. The molecule has 0 bridgehead atoms. The molecule has 5 rings (SSSR count). The van der Waals surface area contributed by atoms with Crippen molar-refractivity contribution in [3.8, 4) is 17.5 Å². The number of halogens is 3. The first-order valence-electron chi connectivity index (χ1n) is 12.6. The van der Waals surface area contributed by atoms with Crippen LogP contribution in [-0.2, 0) is 4.79 Å². The van der Waals surface area contributed by atoms with E-state index in [4.69, 9.17) is 0 Å². The van der Waals surface area contributed by atoms with E-state index < -0.39 is 18.1 Å². The zero-order valence-electron chi connectivity index (χ0n) is 21.5. The average molecular weight is 577 g/mol. The Morgan fingerprint density at radius 3 is 2.24 bits per heavy atom. The van der Waals surface area contributed by atoms with Crippen molar-refractivity contribution in [2.45, 2.75) is 6.61 Å². The number of anilines is 1. The van der Waals surface area contributed by atoms with Gasteiger partial charge in [0.2, 0.25) is 0 Å². The highest BCUT2D eigenvalue weighted by molar-refractivity contribution is 7.07. The molecule has 3 aromatic carbocycles. The van der Waals surface area contributed by atoms with Gasteiger partial charge in [-0.1, -0.05) is 42.5 Å². The van der Waals surface area contributed by atoms with Crippen LogP contribution in [0.2, 0.25) is 0 Å². The molecule has 7 nitrogen and oxygen atoms in total. The van der Waals surface area contributed by atoms with Gasteiger partial charge in [0.1, 0.15) is 22.3 Å². The number of thiazole rings is 1. The smallest absolute Gasteiger partial charge is 0.387 e. The minimum absolute atomic E-state index is 0.0217. The molecular weight excluding hydrogens is 553 g/mol. The summed E-state index contributed by atoms with van der Waals surface area (Å²) in [6, 6.07) is 22.9. The summed E-state index contributed by atoms with van der Waals surface area (Å²) >= 11 is 0.992. The fourth-order valence-electron chi connectivity index (χ4n) is 4.56. The van der Waals surface area contributed by atoms with Gasteiger partial charge in [-0.05, 0) is 48.0 Å². The van der Waals surface area contributed by atoms with E-state index in [-0.39, 0.29) is 39.4 Å². The van der Waals surface area contributed by atoms with Crippen LogP contribution in [0.3, 0.4) is 0 Å². The standard InChI is InChI=1S/C30H23F3N4O3S/c31-24-8-4-5-9-25(24)35-14-16-36(17-15-35)27(38)23(19-34)29-37(21-6-2-1-3-7-21)28(39)26(41-29)18-20-10-12-22(13-11-20)40-30(32)33/h1-13,18,30H,14-17H2/b26-18+,29-23+. The van der Waals surface area contributed by atoms with Gasteiger partial charge in [0, 0.05) is 26.2 Å². The lowest BCUT2D eigenvalue weighted by Gasteiger charge is -2.36. The Balaban J connectivity index is 1.53. The summed E-state index contributed by atoms with van der Waals surface area (Å²) < 4.78 is 45.4. The van der Waals surface area contributed by atoms with Gasteiger partial charge in [0.05, 0.1) is 15.9 Å². The number of aromatic nitrogens is 1. The van der Waals surface area contributed by atoms with Crippen molar-refractivity contribution in [1.82, 2.24) is 9.47 Å². The van der Waals surface area contributed by atoms with Gasteiger partial charge < -0.3 is 14.5 Å². The predicted octanol–water partition coefficient (Wildman–Crippen LogP) is 3.49. The number of hydrogen-bond acceptors (Lipinski definition) is 6. The monoisotopic (exact) mass is 576 g/mol. The maximum atomic E-state index is 14.3. The average Bonchev–Trinajstić information content (AvgIpc) is 3.30. The Morgan fingerprint density at radius 2 is 1.61 bits per heavy atom. The largest absolute Gasteiger partial charge is 0.435 e. The third kappa shape index (κ3) is 6.02. The Morgan fingerprint density at radius 1 is 0.951 bits per heavy atom. The van der Waals surface area contributed by atoms with E-state index in [0.717, 1.165) is 11.3 Å². The molecule has 0 unspecified atom stereocenters. The third-order valence-corrected chi connectivity index (χ3v) is 7.63. The van der Waals surface area contributed by atoms with E-state index in [2.05, 4.69) is 4.74 Å². The van der Waals surface area contributed by atoms with Gasteiger partial charge in [-0.2, -0.15) is 14.0 Å². The van der Waals surface area contributed by atoms with E-state index in [1.807, 2.05) is 11.0 Å². The molecule has 2 heterocycles. The summed E-state index contributed by atoms with van der Waals surface area (Å²) in [5, 5.41) is 10.1. The van der Waals surface area contributed by atoms with Gasteiger partial charge >= 0.3 is 6.61 Å². The molecule has 0 atom stereocenters. The van der Waals surface area contributed by atoms with Crippen LogP contribution in [0, 0.1) is 17.1 Å². The lowest BCUT2D eigenvalue weighted by atomic mass is 10.2. The lowest BCUT2D eigenvalue weighted by Crippen LogP contribution is -2.49. The van der Waals surface area contributed by atoms with Crippen LogP contribution in [0.5, 0.6) is 5.75 Å². The summed E-state index contributed by atoms with van der Waals surface area (Å²) in [4.78, 5) is 30.6. The first kappa shape index (κ1) is 27.7. The predicted molar refractivity (Wildman–Crippen MR) is 150 cm³/mol. The second-order valence-electron chi connectivity index (χ2n) is 9.06. The van der Waals surface area contributed by atoms with Gasteiger partial charge in [-0.25, -0.2) is 4.39 Å². The molecule has 0 radical (unpaired) electrons. The number of nitriles is 1. The molecule has 11 heteroatoms. The third-order valence-electron chi connectivity index (χ3n) is 6.54. The van der Waals surface area contributed by atoms with Crippen LogP contribution in [0.25, 0.3) is 17.3 Å². The number of nitrogens with zero attached hydrogens (tertiary/aromatic N) is 4. The van der Waals surface area contributed by atoms with Crippen LogP contribution in [0.1, 0.15) is 5.56 Å². The molecule has 1 amide bonds. The van der Waals surface area contributed by atoms with Crippen molar-refractivity contribution in [2.75, 3.05) is 31.1 Å². The molecule has 0 saturated carbocycles. The van der Waals surface area contributed by atoms with Crippen LogP contribution in [0.4, 0.5) is 18.9 Å². The number of ether oxygens (including phenoxy) is 1. The SMILES string of the molecule is N#C/C(C(=O)N1CCN(c2ccccc2F)CC1)=c1\s/c(=C/c2ccc(OC(F)F)cc2)c(=O)n1-c1ccccc1. The number of hydrogen-bond donors (Lipinski definition) is 0. The van der Waals surface area contributed by atoms with Gasteiger partial charge in [-0.3, -0.25) is 14.2 Å². The minimum Gasteiger partial charge on any atom is -0.435 e. The van der Waals surface area contributed by atoms with Crippen molar-refractivity contribution in [3.63, 3.8) is 0 Å². The normalized spacial score (nSPS) is 14.7. The Kier molecular flexibility index (Phi) is 8.21. The van der Waals surface area contributed by atoms with Crippen LogP contribution in [-0.4, -0.2) is 48.2 Å². The highest BCUT2D eigenvalue weighted by atomic mass is 32.1. The summed E-state index contributed by atoms with van der Waals surface area (Å²) in [6.45, 7) is -1.66. The van der Waals surface area contributed by atoms with Crippen molar-refractivity contribution >= 4 is 34.6 Å². The molecule has 0 N–H and O–H groups in total. The van der Waals surface area contributed by atoms with Gasteiger partial charge in [0.15, 0.2) is 5.57 Å². The van der Waals surface area contributed by atoms with E-state index in [1.165, 1.54) is 39.8 Å². The van der Waals surface area contributed by atoms with Crippen molar-refractivity contribution in [1.29, 1.82) is 5.26 Å². The number of rotatable bonds is 6. The van der Waals surface area contributed by atoms with E-state index in [9.17, 15) is 28.0 Å². The van der Waals surface area contributed by atoms with Crippen molar-refractivity contribution in [3.05, 3.63) is 110 Å². The molecule has 1 aliphatic rings. The molecule has 1 aliphatic heterocycles. The molecule has 0 spiro atoms. The summed E-state index contributed by atoms with van der Waals surface area (Å²) in [5.74, 6) is -0.889. The van der Waals surface area contributed by atoms with Gasteiger partial charge in [0.25, 0.3) is 11.5 Å². The number of alkyl halides is 2. The molecule has 0 aliphatic carbocycles. The fraction of sp³-hybridized carbons (Fsp3) is 0.167. The molecule has 1 fully saturated rings. The highest BCUT2D eigenvalue weighted by Crippen LogP contribution is 2.21. The topological polar surface area (TPSA) is 78.6 Å². The number of para-hydroxylation sites is 2. The number of amides is 1. The molecule has 1 saturated heterocycles. The molecule has 41 heavy (non-hydrogen) atoms. The number of carbonyl (C=O) groups excluding carboxylic acids is 1. The molecule has 208 valence electrons. The Labute approximate surface area is 236 Å². The van der Waals surface area contributed by atoms with E-state index in [0.29, 0.717) is 30.0 Å². The second kappa shape index (κ2) is 12.1. The maximum Gasteiger partial charge on any atom is 0.387 e. The number of piperazine rings is 1. The first-order valence-corrected chi connectivity index (χ1v) is 13.4. The molecular formula is C30H23F3N4O3S. The quantitative estimate of drug-likeness (QED) is 0.351. The summed E-state index contributed by atoms with van der Waals surface area (Å²) in [5.41, 5.74) is 0.860. The van der Waals surface area contributed by atoms with E-state index in [1.54, 1.807) is 54.6 Å². The van der Waals surface area contributed by atoms with Crippen LogP contribution >= 0.6 is 11.3 Å². The molecule has 4 aromatic rings. The molecule has 1 aromatic heterocycles. The Bertz CT molecular complexity index is 1770. The summed E-state index contributed by atoms with van der Waals surface area (Å²) in [6.07, 6.45) is 1.56. The highest BCUT2D eigenvalue weighted by Gasteiger charge is 2.27. The van der Waals surface area contributed by atoms with Crippen molar-refractivity contribution < 1.29 is 22.7 Å². The minimum atomic E-state index is -2.96. The zero-order chi connectivity index (χ0) is 28.9. The number of benzene rings is 3. The van der Waals surface area contributed by atoms with Crippen molar-refractivity contribution in [2.24, 2.45) is 0 Å². The zero-order valence-corrected chi connectivity index (χ0v) is 22.4. The number of carbonyl (C=O) groups is 1. The Hall–Kier alpha value is -4.82. The lowest BCUT2D eigenvalue weighted by molar-refractivity contribution is -0.125. The van der Waals surface area contributed by atoms with E-state index >= 15 is 0 Å². The maximum absolute atomic E-state index is 14.3. The van der Waals surface area contributed by atoms with Crippen LogP contribution < -0.4 is 24.4 Å². The first-order chi connectivity index (χ1) is 19.9. The van der Waals surface area contributed by atoms with Crippen LogP contribution in [0.15, 0.2) is 83.7 Å².